The van der Waals surface area contributed by atoms with Crippen molar-refractivity contribution in [3.05, 3.63) is 29.5 Å². The number of piperazine rings is 1. The van der Waals surface area contributed by atoms with Gasteiger partial charge in [-0.05, 0) is 31.5 Å². The quantitative estimate of drug-likeness (QED) is 0.766. The molecule has 1 saturated heterocycles. The van der Waals surface area contributed by atoms with Gasteiger partial charge in [0.05, 0.1) is 19.3 Å². The predicted octanol–water partition coefficient (Wildman–Crippen LogP) is 1.09. The predicted molar refractivity (Wildman–Crippen MR) is 95.7 cm³/mol. The molecule has 2 amide bonds. The molecule has 2 atom stereocenters. The molecular weight excluding hydrogens is 334 g/mol. The molecule has 7 nitrogen and oxygen atoms in total. The van der Waals surface area contributed by atoms with E-state index in [0.29, 0.717) is 13.0 Å². The summed E-state index contributed by atoms with van der Waals surface area (Å²) < 4.78 is 5.27. The Hall–Kier alpha value is -2.54. The molecule has 1 fully saturated rings. The molecule has 4 rings (SSSR count). The second-order valence-electron chi connectivity index (χ2n) is 7.76. The number of hydrogen-bond donors (Lipinski definition) is 3. The molecular formula is C19H23N3O4. The maximum Gasteiger partial charge on any atom is 0.246 e. The van der Waals surface area contributed by atoms with Gasteiger partial charge in [0.15, 0.2) is 0 Å². The summed E-state index contributed by atoms with van der Waals surface area (Å²) in [6, 6.07) is 4.61. The molecule has 2 unspecified atom stereocenters. The lowest BCUT2D eigenvalue weighted by Gasteiger charge is -2.42. The summed E-state index contributed by atoms with van der Waals surface area (Å²) in [6.45, 7) is 3.64. The van der Waals surface area contributed by atoms with Crippen LogP contribution in [-0.2, 0) is 22.6 Å². The Labute approximate surface area is 151 Å². The number of fused-ring (bicyclic) bond motifs is 4. The molecule has 7 heteroatoms. The lowest BCUT2D eigenvalue weighted by molar-refractivity contribution is -0.152. The van der Waals surface area contributed by atoms with Crippen LogP contribution in [0.3, 0.4) is 0 Å². The van der Waals surface area contributed by atoms with Gasteiger partial charge >= 0.3 is 0 Å². The highest BCUT2D eigenvalue weighted by Crippen LogP contribution is 2.34. The number of methoxy groups -OCH3 is 1. The van der Waals surface area contributed by atoms with Crippen LogP contribution in [0.5, 0.6) is 5.75 Å². The van der Waals surface area contributed by atoms with E-state index in [0.717, 1.165) is 27.9 Å². The Morgan fingerprint density at radius 2 is 2.12 bits per heavy atom. The molecule has 0 spiro atoms. The Morgan fingerprint density at radius 3 is 2.81 bits per heavy atom. The van der Waals surface area contributed by atoms with Crippen LogP contribution in [-0.4, -0.2) is 51.6 Å². The maximum absolute atomic E-state index is 12.9. The number of carbonyl (C=O) groups is 2. The van der Waals surface area contributed by atoms with Crippen molar-refractivity contribution in [2.45, 2.75) is 50.9 Å². The largest absolute Gasteiger partial charge is 0.497 e. The number of rotatable bonds is 3. The number of nitrogens with one attached hydrogen (secondary N) is 2. The summed E-state index contributed by atoms with van der Waals surface area (Å²) >= 11 is 0. The van der Waals surface area contributed by atoms with E-state index in [1.54, 1.807) is 25.9 Å². The standard InChI is InChI=1S/C19H23N3O4/c1-19(2,25)8-14-18(24)22-9-15-12(7-16(22)17(23)21-14)11-5-4-10(26-3)6-13(11)20-15/h4-6,14,16,20,25H,7-9H2,1-3H3,(H,21,23). The zero-order chi connectivity index (χ0) is 18.6. The summed E-state index contributed by atoms with van der Waals surface area (Å²) in [4.78, 5) is 30.5. The number of aromatic nitrogens is 1. The number of H-pyrrole nitrogens is 1. The van der Waals surface area contributed by atoms with E-state index in [1.165, 1.54) is 0 Å². The molecule has 0 aliphatic carbocycles. The van der Waals surface area contributed by atoms with Gasteiger partial charge in [0, 0.05) is 35.5 Å². The van der Waals surface area contributed by atoms with E-state index in [4.69, 9.17) is 4.74 Å². The van der Waals surface area contributed by atoms with Gasteiger partial charge in [0.25, 0.3) is 0 Å². The van der Waals surface area contributed by atoms with E-state index < -0.39 is 17.7 Å². The molecule has 2 aliphatic heterocycles. The molecule has 0 saturated carbocycles. The Balaban J connectivity index is 1.68. The number of amides is 2. The van der Waals surface area contributed by atoms with Crippen LogP contribution in [0, 0.1) is 0 Å². The molecule has 0 radical (unpaired) electrons. The van der Waals surface area contributed by atoms with Crippen molar-refractivity contribution in [1.29, 1.82) is 0 Å². The van der Waals surface area contributed by atoms with Crippen LogP contribution in [0.25, 0.3) is 10.9 Å². The Morgan fingerprint density at radius 1 is 1.35 bits per heavy atom. The normalized spacial score (nSPS) is 22.8. The number of hydrogen-bond acceptors (Lipinski definition) is 4. The fourth-order valence-corrected chi connectivity index (χ4v) is 4.00. The zero-order valence-corrected chi connectivity index (χ0v) is 15.1. The van der Waals surface area contributed by atoms with E-state index in [1.807, 2.05) is 18.2 Å². The molecule has 138 valence electrons. The van der Waals surface area contributed by atoms with E-state index in [-0.39, 0.29) is 18.2 Å². The molecule has 3 heterocycles. The van der Waals surface area contributed by atoms with Crippen LogP contribution in [0.4, 0.5) is 0 Å². The lowest BCUT2D eigenvalue weighted by atomic mass is 9.90. The van der Waals surface area contributed by atoms with Crippen LogP contribution < -0.4 is 10.1 Å². The number of nitrogens with zero attached hydrogens (tertiary/aromatic N) is 1. The van der Waals surface area contributed by atoms with E-state index in [9.17, 15) is 14.7 Å². The number of aromatic amines is 1. The summed E-state index contributed by atoms with van der Waals surface area (Å²) in [5.41, 5.74) is 1.94. The minimum Gasteiger partial charge on any atom is -0.497 e. The zero-order valence-electron chi connectivity index (χ0n) is 15.1. The first-order valence-electron chi connectivity index (χ1n) is 8.77. The molecule has 2 aliphatic rings. The van der Waals surface area contributed by atoms with Gasteiger partial charge in [-0.3, -0.25) is 9.59 Å². The first kappa shape index (κ1) is 16.9. The van der Waals surface area contributed by atoms with Crippen LogP contribution in [0.1, 0.15) is 31.5 Å². The second-order valence-corrected chi connectivity index (χ2v) is 7.76. The average Bonchev–Trinajstić information content (AvgIpc) is 2.93. The van der Waals surface area contributed by atoms with Crippen LogP contribution >= 0.6 is 0 Å². The highest BCUT2D eigenvalue weighted by molar-refractivity contribution is 5.98. The van der Waals surface area contributed by atoms with Crippen molar-refractivity contribution in [3.63, 3.8) is 0 Å². The highest BCUT2D eigenvalue weighted by atomic mass is 16.5. The molecule has 2 aromatic rings. The number of ether oxygens (including phenoxy) is 1. The van der Waals surface area contributed by atoms with Gasteiger partial charge in [0.2, 0.25) is 11.8 Å². The van der Waals surface area contributed by atoms with Crippen LogP contribution in [0.2, 0.25) is 0 Å². The molecule has 1 aromatic carbocycles. The van der Waals surface area contributed by atoms with Gasteiger partial charge in [-0.15, -0.1) is 0 Å². The molecule has 0 bridgehead atoms. The fraction of sp³-hybridized carbons (Fsp3) is 0.474. The fourth-order valence-electron chi connectivity index (χ4n) is 4.00. The number of carbonyl (C=O) groups excluding carboxylic acids is 2. The third-order valence-corrected chi connectivity index (χ3v) is 5.21. The third kappa shape index (κ3) is 2.72. The maximum atomic E-state index is 12.9. The Kier molecular flexibility index (Phi) is 3.73. The topological polar surface area (TPSA) is 94.7 Å². The van der Waals surface area contributed by atoms with Crippen molar-refractivity contribution in [3.8, 4) is 5.75 Å². The minimum absolute atomic E-state index is 0.140. The van der Waals surface area contributed by atoms with E-state index in [2.05, 4.69) is 10.3 Å². The van der Waals surface area contributed by atoms with Crippen molar-refractivity contribution in [1.82, 2.24) is 15.2 Å². The van der Waals surface area contributed by atoms with Crippen molar-refractivity contribution < 1.29 is 19.4 Å². The molecule has 26 heavy (non-hydrogen) atoms. The van der Waals surface area contributed by atoms with Gasteiger partial charge in [0.1, 0.15) is 17.8 Å². The summed E-state index contributed by atoms with van der Waals surface area (Å²) in [6.07, 6.45) is 0.673. The molecule has 3 N–H and O–H groups in total. The first-order chi connectivity index (χ1) is 12.3. The molecule has 1 aromatic heterocycles. The number of benzene rings is 1. The van der Waals surface area contributed by atoms with E-state index >= 15 is 0 Å². The van der Waals surface area contributed by atoms with Gasteiger partial charge in [-0.1, -0.05) is 0 Å². The van der Waals surface area contributed by atoms with Crippen molar-refractivity contribution >= 4 is 22.7 Å². The smallest absolute Gasteiger partial charge is 0.246 e. The second kappa shape index (κ2) is 5.74. The van der Waals surface area contributed by atoms with Crippen molar-refractivity contribution in [2.75, 3.05) is 7.11 Å². The van der Waals surface area contributed by atoms with Gasteiger partial charge < -0.3 is 25.0 Å². The van der Waals surface area contributed by atoms with Crippen LogP contribution in [0.15, 0.2) is 18.2 Å². The summed E-state index contributed by atoms with van der Waals surface area (Å²) in [7, 11) is 1.62. The Bertz CT molecular complexity index is 896. The SMILES string of the molecule is COc1ccc2c3c([nH]c2c1)CN1C(=O)C(CC(C)(C)O)NC(=O)C1C3. The van der Waals surface area contributed by atoms with Gasteiger partial charge in [-0.25, -0.2) is 0 Å². The van der Waals surface area contributed by atoms with Crippen molar-refractivity contribution in [2.24, 2.45) is 0 Å². The lowest BCUT2D eigenvalue weighted by Crippen LogP contribution is -2.65. The first-order valence-corrected chi connectivity index (χ1v) is 8.77. The monoisotopic (exact) mass is 357 g/mol. The minimum atomic E-state index is -1.03. The number of aliphatic hydroxyl groups is 1. The highest BCUT2D eigenvalue weighted by Gasteiger charge is 2.45. The summed E-state index contributed by atoms with van der Waals surface area (Å²) in [5, 5.41) is 13.9. The average molecular weight is 357 g/mol. The third-order valence-electron chi connectivity index (χ3n) is 5.21. The summed E-state index contributed by atoms with van der Waals surface area (Å²) in [5.74, 6) is 0.457. The van der Waals surface area contributed by atoms with Gasteiger partial charge in [-0.2, -0.15) is 0 Å².